The van der Waals surface area contributed by atoms with Gasteiger partial charge in [-0.1, -0.05) is 51.7 Å². The van der Waals surface area contributed by atoms with Gasteiger partial charge in [0.25, 0.3) is 0 Å². The molecule has 0 aliphatic heterocycles. The summed E-state index contributed by atoms with van der Waals surface area (Å²) in [6.07, 6.45) is 18.9. The van der Waals surface area contributed by atoms with Crippen molar-refractivity contribution in [3.8, 4) is 0 Å². The highest BCUT2D eigenvalue weighted by Gasteiger charge is 2.20. The van der Waals surface area contributed by atoms with Crippen molar-refractivity contribution in [2.45, 2.75) is 97.0 Å². The van der Waals surface area contributed by atoms with E-state index in [-0.39, 0.29) is 0 Å². The maximum Gasteiger partial charge on any atom is 0.0622 e. The molecule has 0 spiro atoms. The van der Waals surface area contributed by atoms with Gasteiger partial charge in [-0.3, -0.25) is 0 Å². The first-order valence-electron chi connectivity index (χ1n) is 10.7. The number of hydrogen-bond donors (Lipinski definition) is 0. The highest BCUT2D eigenvalue weighted by atomic mass is 16.5. The number of allylic oxidation sites excluding steroid dienone is 2. The molecule has 0 saturated heterocycles. The molecule has 0 radical (unpaired) electrons. The van der Waals surface area contributed by atoms with E-state index < -0.39 is 0 Å². The van der Waals surface area contributed by atoms with Crippen LogP contribution in [0, 0.1) is 5.92 Å². The van der Waals surface area contributed by atoms with Crippen LogP contribution >= 0.6 is 0 Å². The van der Waals surface area contributed by atoms with Crippen LogP contribution in [-0.4, -0.2) is 25.9 Å². The van der Waals surface area contributed by atoms with Crippen molar-refractivity contribution in [1.82, 2.24) is 0 Å². The Labute approximate surface area is 158 Å². The molecule has 0 aromatic heterocycles. The van der Waals surface area contributed by atoms with Crippen LogP contribution in [0.4, 0.5) is 0 Å². The Morgan fingerprint density at radius 2 is 1.44 bits per heavy atom. The molecule has 0 aromatic carbocycles. The second kappa shape index (κ2) is 19.7. The Kier molecular flexibility index (Phi) is 19.2. The molecule has 2 atom stereocenters. The van der Waals surface area contributed by atoms with Gasteiger partial charge in [-0.15, -0.1) is 13.2 Å². The quantitative estimate of drug-likeness (QED) is 0.172. The van der Waals surface area contributed by atoms with Gasteiger partial charge in [0.1, 0.15) is 0 Å². The summed E-state index contributed by atoms with van der Waals surface area (Å²) in [6, 6.07) is 0. The number of unbranched alkanes of at least 4 members (excludes halogenated alkanes) is 7. The van der Waals surface area contributed by atoms with Crippen LogP contribution in [0.1, 0.15) is 90.9 Å². The molecule has 0 aliphatic carbocycles. The maximum atomic E-state index is 6.25. The molecule has 2 nitrogen and oxygen atoms in total. The van der Waals surface area contributed by atoms with Gasteiger partial charge in [0.2, 0.25) is 0 Å². The molecule has 0 heterocycles. The van der Waals surface area contributed by atoms with Crippen molar-refractivity contribution < 1.29 is 9.47 Å². The van der Waals surface area contributed by atoms with Crippen LogP contribution < -0.4 is 0 Å². The molecule has 0 aromatic rings. The Hall–Kier alpha value is -0.600. The van der Waals surface area contributed by atoms with Crippen LogP contribution in [0.3, 0.4) is 0 Å². The summed E-state index contributed by atoms with van der Waals surface area (Å²) < 4.78 is 12.1. The lowest BCUT2D eigenvalue weighted by atomic mass is 9.94. The molecule has 0 aliphatic rings. The van der Waals surface area contributed by atoms with Crippen LogP contribution in [0.25, 0.3) is 0 Å². The van der Waals surface area contributed by atoms with Gasteiger partial charge >= 0.3 is 0 Å². The van der Waals surface area contributed by atoms with E-state index in [0.29, 0.717) is 12.0 Å². The second-order valence-electron chi connectivity index (χ2n) is 7.07. The average molecular weight is 353 g/mol. The van der Waals surface area contributed by atoms with Crippen molar-refractivity contribution in [1.29, 1.82) is 0 Å². The molecule has 0 N–H and O–H groups in total. The molecule has 0 rings (SSSR count). The lowest BCUT2D eigenvalue weighted by Gasteiger charge is -2.26. The van der Waals surface area contributed by atoms with Crippen molar-refractivity contribution >= 4 is 0 Å². The van der Waals surface area contributed by atoms with Crippen LogP contribution in [-0.2, 0) is 9.47 Å². The normalized spacial score (nSPS) is 13.5. The van der Waals surface area contributed by atoms with Crippen LogP contribution in [0.2, 0.25) is 0 Å². The van der Waals surface area contributed by atoms with Crippen molar-refractivity contribution in [3.63, 3.8) is 0 Å². The minimum absolute atomic E-state index is 0.351. The van der Waals surface area contributed by atoms with Gasteiger partial charge in [-0.25, -0.2) is 0 Å². The summed E-state index contributed by atoms with van der Waals surface area (Å²) in [7, 11) is 0. The lowest BCUT2D eigenvalue weighted by molar-refractivity contribution is -0.0293. The van der Waals surface area contributed by atoms with Gasteiger partial charge in [0, 0.05) is 19.1 Å². The summed E-state index contributed by atoms with van der Waals surface area (Å²) in [6.45, 7) is 14.6. The zero-order valence-corrected chi connectivity index (χ0v) is 17.1. The largest absolute Gasteiger partial charge is 0.381 e. The zero-order chi connectivity index (χ0) is 18.6. The summed E-state index contributed by atoms with van der Waals surface area (Å²) in [4.78, 5) is 0. The van der Waals surface area contributed by atoms with Gasteiger partial charge in [0.15, 0.2) is 0 Å². The minimum Gasteiger partial charge on any atom is -0.381 e. The topological polar surface area (TPSA) is 18.5 Å². The first-order chi connectivity index (χ1) is 12.3. The number of rotatable bonds is 20. The third kappa shape index (κ3) is 15.4. The van der Waals surface area contributed by atoms with E-state index in [1.165, 1.54) is 51.4 Å². The molecular weight excluding hydrogens is 308 g/mol. The summed E-state index contributed by atoms with van der Waals surface area (Å²) in [5, 5.41) is 0. The first-order valence-corrected chi connectivity index (χ1v) is 10.7. The number of hydrogen-bond acceptors (Lipinski definition) is 2. The van der Waals surface area contributed by atoms with Crippen LogP contribution in [0.5, 0.6) is 0 Å². The van der Waals surface area contributed by atoms with Gasteiger partial charge in [-0.2, -0.15) is 0 Å². The summed E-state index contributed by atoms with van der Waals surface area (Å²) in [5.74, 6) is 0.543. The Balaban J connectivity index is 4.10. The van der Waals surface area contributed by atoms with E-state index in [0.717, 1.165) is 45.5 Å². The molecule has 2 heteroatoms. The maximum absolute atomic E-state index is 6.25. The molecule has 0 amide bonds. The molecule has 0 saturated carbocycles. The second-order valence-corrected chi connectivity index (χ2v) is 7.07. The predicted octanol–water partition coefficient (Wildman–Crippen LogP) is 7.10. The van der Waals surface area contributed by atoms with E-state index in [1.54, 1.807) is 0 Å². The third-order valence-electron chi connectivity index (χ3n) is 4.73. The fraction of sp³-hybridized carbons (Fsp3) is 0.826. The van der Waals surface area contributed by atoms with Crippen molar-refractivity contribution in [2.75, 3.05) is 19.8 Å². The summed E-state index contributed by atoms with van der Waals surface area (Å²) in [5.41, 5.74) is 0. The SMILES string of the molecule is C=CCCCCCCOC(CC)C(CCCCCC=C)COCCC. The number of ether oxygens (including phenoxy) is 2. The highest BCUT2D eigenvalue weighted by molar-refractivity contribution is 4.71. The molecular formula is C23H44O2. The molecule has 2 unspecified atom stereocenters. The minimum atomic E-state index is 0.351. The van der Waals surface area contributed by atoms with E-state index in [4.69, 9.17) is 9.47 Å². The van der Waals surface area contributed by atoms with Gasteiger partial charge in [-0.05, 0) is 51.4 Å². The lowest BCUT2D eigenvalue weighted by Crippen LogP contribution is -2.28. The summed E-state index contributed by atoms with van der Waals surface area (Å²) >= 11 is 0. The predicted molar refractivity (Wildman–Crippen MR) is 111 cm³/mol. The zero-order valence-electron chi connectivity index (χ0n) is 17.1. The van der Waals surface area contributed by atoms with E-state index in [1.807, 2.05) is 12.2 Å². The standard InChI is InChI=1S/C23H44O2/c1-5-9-11-13-15-17-20-25-23(8-4)22(21-24-19-7-3)18-16-14-12-10-6-2/h5-6,22-23H,1-2,7-21H2,3-4H3. The molecule has 148 valence electrons. The molecule has 0 fully saturated rings. The van der Waals surface area contributed by atoms with E-state index >= 15 is 0 Å². The monoisotopic (exact) mass is 352 g/mol. The van der Waals surface area contributed by atoms with Crippen LogP contribution in [0.15, 0.2) is 25.3 Å². The molecule has 25 heavy (non-hydrogen) atoms. The fourth-order valence-corrected chi connectivity index (χ4v) is 3.19. The average Bonchev–Trinajstić information content (AvgIpc) is 2.63. The van der Waals surface area contributed by atoms with Crippen molar-refractivity contribution in [2.24, 2.45) is 5.92 Å². The van der Waals surface area contributed by atoms with Gasteiger partial charge in [0.05, 0.1) is 12.7 Å². The smallest absolute Gasteiger partial charge is 0.0622 e. The van der Waals surface area contributed by atoms with E-state index in [9.17, 15) is 0 Å². The Morgan fingerprint density at radius 1 is 0.800 bits per heavy atom. The third-order valence-corrected chi connectivity index (χ3v) is 4.73. The van der Waals surface area contributed by atoms with Crippen molar-refractivity contribution in [3.05, 3.63) is 25.3 Å². The van der Waals surface area contributed by atoms with E-state index in [2.05, 4.69) is 27.0 Å². The van der Waals surface area contributed by atoms with Gasteiger partial charge < -0.3 is 9.47 Å². The molecule has 0 bridgehead atoms. The highest BCUT2D eigenvalue weighted by Crippen LogP contribution is 2.21. The first kappa shape index (κ1) is 24.4. The Bertz CT molecular complexity index is 288. The Morgan fingerprint density at radius 3 is 2.04 bits per heavy atom. The fourth-order valence-electron chi connectivity index (χ4n) is 3.19.